The number of Topliss-reactive ketones (excluding diaryl/α,β-unsaturated/α-hetero) is 1. The van der Waals surface area contributed by atoms with E-state index in [2.05, 4.69) is 38.1 Å². The molecule has 0 bridgehead atoms. The second kappa shape index (κ2) is 4.24. The van der Waals surface area contributed by atoms with E-state index in [9.17, 15) is 4.79 Å². The quantitative estimate of drug-likeness (QED) is 0.733. The maximum Gasteiger partial charge on any atom is 0.163 e. The fourth-order valence-electron chi connectivity index (χ4n) is 2.97. The lowest BCUT2D eigenvalue weighted by molar-refractivity contribution is 0.0969. The second-order valence-corrected chi connectivity index (χ2v) is 5.63. The summed E-state index contributed by atoms with van der Waals surface area (Å²) in [6, 6.07) is 10.5. The van der Waals surface area contributed by atoms with Crippen molar-refractivity contribution in [2.75, 3.05) is 0 Å². The van der Waals surface area contributed by atoms with Crippen molar-refractivity contribution in [1.82, 2.24) is 0 Å². The van der Waals surface area contributed by atoms with Crippen LogP contribution in [0.15, 0.2) is 30.3 Å². The van der Waals surface area contributed by atoms with E-state index in [0.29, 0.717) is 12.3 Å². The SMILES string of the molecule is CC(C)CC(=O)c1ccc2c3c(cccc13)CC2. The van der Waals surface area contributed by atoms with Crippen LogP contribution in [0.1, 0.15) is 41.8 Å². The Morgan fingerprint density at radius 1 is 1.11 bits per heavy atom. The van der Waals surface area contributed by atoms with Crippen LogP contribution in [0.4, 0.5) is 0 Å². The smallest absolute Gasteiger partial charge is 0.163 e. The molecule has 92 valence electrons. The van der Waals surface area contributed by atoms with E-state index >= 15 is 0 Å². The van der Waals surface area contributed by atoms with Gasteiger partial charge in [-0.3, -0.25) is 4.79 Å². The zero-order chi connectivity index (χ0) is 12.7. The van der Waals surface area contributed by atoms with Crippen molar-refractivity contribution >= 4 is 16.6 Å². The molecule has 0 amide bonds. The lowest BCUT2D eigenvalue weighted by Gasteiger charge is -2.09. The molecule has 1 aliphatic rings. The summed E-state index contributed by atoms with van der Waals surface area (Å²) in [6.45, 7) is 4.19. The summed E-state index contributed by atoms with van der Waals surface area (Å²) >= 11 is 0. The third-order valence-corrected chi connectivity index (χ3v) is 3.77. The number of carbonyl (C=O) groups is 1. The Labute approximate surface area is 108 Å². The van der Waals surface area contributed by atoms with Crippen molar-refractivity contribution in [1.29, 1.82) is 0 Å². The van der Waals surface area contributed by atoms with E-state index in [1.165, 1.54) is 16.5 Å². The molecule has 0 fully saturated rings. The molecule has 0 unspecified atom stereocenters. The predicted octanol–water partition coefficient (Wildman–Crippen LogP) is 4.17. The van der Waals surface area contributed by atoms with Crippen LogP contribution < -0.4 is 0 Å². The van der Waals surface area contributed by atoms with Crippen molar-refractivity contribution < 1.29 is 4.79 Å². The molecule has 2 aromatic carbocycles. The fraction of sp³-hybridized carbons (Fsp3) is 0.353. The molecule has 0 saturated heterocycles. The monoisotopic (exact) mass is 238 g/mol. The largest absolute Gasteiger partial charge is 0.294 e. The Balaban J connectivity index is 2.17. The lowest BCUT2D eigenvalue weighted by Crippen LogP contribution is -2.04. The van der Waals surface area contributed by atoms with Crippen LogP contribution >= 0.6 is 0 Å². The summed E-state index contributed by atoms with van der Waals surface area (Å²) in [5.74, 6) is 0.695. The standard InChI is InChI=1S/C17H18O/c1-11(2)10-16(18)14-9-8-13-7-6-12-4-3-5-15(14)17(12)13/h3-5,8-9,11H,6-7,10H2,1-2H3. The van der Waals surface area contributed by atoms with Crippen LogP contribution in [-0.2, 0) is 12.8 Å². The average molecular weight is 238 g/mol. The van der Waals surface area contributed by atoms with E-state index in [-0.39, 0.29) is 5.78 Å². The van der Waals surface area contributed by atoms with Crippen LogP contribution in [0.3, 0.4) is 0 Å². The number of rotatable bonds is 3. The van der Waals surface area contributed by atoms with Crippen LogP contribution in [0.25, 0.3) is 10.8 Å². The van der Waals surface area contributed by atoms with Gasteiger partial charge in [0, 0.05) is 12.0 Å². The average Bonchev–Trinajstić information content (AvgIpc) is 2.74. The Kier molecular flexibility index (Phi) is 2.70. The summed E-state index contributed by atoms with van der Waals surface area (Å²) in [5, 5.41) is 2.50. The van der Waals surface area contributed by atoms with Crippen molar-refractivity contribution in [3.8, 4) is 0 Å². The highest BCUT2D eigenvalue weighted by Gasteiger charge is 2.18. The van der Waals surface area contributed by atoms with Gasteiger partial charge >= 0.3 is 0 Å². The number of carbonyl (C=O) groups excluding carboxylic acids is 1. The predicted molar refractivity (Wildman–Crippen MR) is 75.1 cm³/mol. The molecule has 1 heteroatoms. The first kappa shape index (κ1) is 11.5. The molecule has 0 N–H and O–H groups in total. The molecular formula is C17H18O. The van der Waals surface area contributed by atoms with Gasteiger partial charge in [0.15, 0.2) is 5.78 Å². The first-order valence-electron chi connectivity index (χ1n) is 6.73. The first-order valence-corrected chi connectivity index (χ1v) is 6.73. The summed E-state index contributed by atoms with van der Waals surface area (Å²) < 4.78 is 0. The number of hydrogen-bond donors (Lipinski definition) is 0. The van der Waals surface area contributed by atoms with E-state index < -0.39 is 0 Å². The van der Waals surface area contributed by atoms with Crippen molar-refractivity contribution in [2.45, 2.75) is 33.1 Å². The number of ketones is 1. The Morgan fingerprint density at radius 3 is 2.56 bits per heavy atom. The van der Waals surface area contributed by atoms with Gasteiger partial charge < -0.3 is 0 Å². The molecule has 0 heterocycles. The lowest BCUT2D eigenvalue weighted by atomic mass is 9.94. The molecule has 0 aliphatic heterocycles. The molecular weight excluding hydrogens is 220 g/mol. The molecule has 1 aliphatic carbocycles. The van der Waals surface area contributed by atoms with Crippen LogP contribution in [0.5, 0.6) is 0 Å². The van der Waals surface area contributed by atoms with Gasteiger partial charge in [-0.15, -0.1) is 0 Å². The zero-order valence-electron chi connectivity index (χ0n) is 11.0. The van der Waals surface area contributed by atoms with Crippen molar-refractivity contribution in [2.24, 2.45) is 5.92 Å². The molecule has 3 rings (SSSR count). The van der Waals surface area contributed by atoms with Gasteiger partial charge in [0.1, 0.15) is 0 Å². The maximum absolute atomic E-state index is 12.3. The van der Waals surface area contributed by atoms with Crippen LogP contribution in [0, 0.1) is 5.92 Å². The second-order valence-electron chi connectivity index (χ2n) is 5.63. The zero-order valence-corrected chi connectivity index (χ0v) is 11.0. The molecule has 0 aromatic heterocycles. The first-order chi connectivity index (χ1) is 8.66. The molecule has 0 radical (unpaired) electrons. The van der Waals surface area contributed by atoms with Gasteiger partial charge in [-0.25, -0.2) is 0 Å². The molecule has 0 saturated carbocycles. The van der Waals surface area contributed by atoms with E-state index in [4.69, 9.17) is 0 Å². The highest BCUT2D eigenvalue weighted by atomic mass is 16.1. The van der Waals surface area contributed by atoms with Crippen molar-refractivity contribution in [3.63, 3.8) is 0 Å². The van der Waals surface area contributed by atoms with E-state index in [1.54, 1.807) is 0 Å². The van der Waals surface area contributed by atoms with Crippen molar-refractivity contribution in [3.05, 3.63) is 47.0 Å². The normalized spacial score (nSPS) is 13.5. The fourth-order valence-corrected chi connectivity index (χ4v) is 2.97. The molecule has 1 nitrogen and oxygen atoms in total. The summed E-state index contributed by atoms with van der Waals surface area (Å²) in [6.07, 6.45) is 2.88. The minimum Gasteiger partial charge on any atom is -0.294 e. The van der Waals surface area contributed by atoms with Gasteiger partial charge in [0.05, 0.1) is 0 Å². The van der Waals surface area contributed by atoms with Gasteiger partial charge in [-0.2, -0.15) is 0 Å². The Morgan fingerprint density at radius 2 is 1.83 bits per heavy atom. The third kappa shape index (κ3) is 1.74. The highest BCUT2D eigenvalue weighted by molar-refractivity contribution is 6.10. The minimum absolute atomic E-state index is 0.278. The molecule has 0 atom stereocenters. The Bertz CT molecular complexity index is 613. The maximum atomic E-state index is 12.3. The number of hydrogen-bond acceptors (Lipinski definition) is 1. The minimum atomic E-state index is 0.278. The number of benzene rings is 2. The third-order valence-electron chi connectivity index (χ3n) is 3.77. The molecule has 2 aromatic rings. The van der Waals surface area contributed by atoms with Gasteiger partial charge in [0.25, 0.3) is 0 Å². The van der Waals surface area contributed by atoms with Gasteiger partial charge in [-0.05, 0) is 40.7 Å². The van der Waals surface area contributed by atoms with Crippen LogP contribution in [-0.4, -0.2) is 5.78 Å². The van der Waals surface area contributed by atoms with E-state index in [1.807, 2.05) is 6.07 Å². The summed E-state index contributed by atoms with van der Waals surface area (Å²) in [4.78, 5) is 12.3. The van der Waals surface area contributed by atoms with E-state index in [0.717, 1.165) is 23.8 Å². The highest BCUT2D eigenvalue weighted by Crippen LogP contribution is 2.33. The molecule has 18 heavy (non-hydrogen) atoms. The summed E-state index contributed by atoms with van der Waals surface area (Å²) in [7, 11) is 0. The summed E-state index contributed by atoms with van der Waals surface area (Å²) in [5.41, 5.74) is 3.72. The number of aryl methyl sites for hydroxylation is 2. The van der Waals surface area contributed by atoms with Crippen LogP contribution in [0.2, 0.25) is 0 Å². The molecule has 0 spiro atoms. The Hall–Kier alpha value is -1.63. The van der Waals surface area contributed by atoms with Gasteiger partial charge in [-0.1, -0.05) is 44.2 Å². The topological polar surface area (TPSA) is 17.1 Å². The van der Waals surface area contributed by atoms with Gasteiger partial charge in [0.2, 0.25) is 0 Å².